The summed E-state index contributed by atoms with van der Waals surface area (Å²) in [6, 6.07) is 0. The molecule has 52 valence electrons. The van der Waals surface area contributed by atoms with E-state index in [9.17, 15) is 4.79 Å². The zero-order valence-corrected chi connectivity index (χ0v) is 5.48. The average Bonchev–Trinajstić information content (AvgIpc) is 2.35. The Morgan fingerprint density at radius 3 is 3.18 bits per heavy atom. The Morgan fingerprint density at radius 2 is 2.45 bits per heavy atom. The highest BCUT2D eigenvalue weighted by Gasteiger charge is 2.00. The zero-order valence-electron chi connectivity index (χ0n) is 5.48. The van der Waals surface area contributed by atoms with Gasteiger partial charge >= 0.3 is 0 Å². The van der Waals surface area contributed by atoms with Gasteiger partial charge in [-0.1, -0.05) is 0 Å². The van der Waals surface area contributed by atoms with Crippen molar-refractivity contribution in [2.24, 2.45) is 0 Å². The number of rotatable bonds is 0. The molecule has 5 nitrogen and oxygen atoms in total. The monoisotopic (exact) mass is 146 g/mol. The van der Waals surface area contributed by atoms with Crippen molar-refractivity contribution in [3.05, 3.63) is 22.9 Å². The van der Waals surface area contributed by atoms with Gasteiger partial charge < -0.3 is 4.98 Å². The first-order valence-corrected chi connectivity index (χ1v) is 2.96. The van der Waals surface area contributed by atoms with E-state index in [0.29, 0.717) is 5.52 Å². The van der Waals surface area contributed by atoms with Gasteiger partial charge in [0.1, 0.15) is 11.8 Å². The van der Waals surface area contributed by atoms with Crippen molar-refractivity contribution in [2.45, 2.75) is 0 Å². The fraction of sp³-hybridized carbons (Fsp3) is 0. The maximum absolute atomic E-state index is 11.0. The van der Waals surface area contributed by atoms with E-state index in [0.717, 1.165) is 0 Å². The van der Waals surface area contributed by atoms with Crippen molar-refractivity contribution < 1.29 is 0 Å². The Bertz CT molecular complexity index is 445. The number of aromatic nitrogens is 4. The van der Waals surface area contributed by atoms with E-state index in [1.165, 1.54) is 17.0 Å². The minimum atomic E-state index is -0.246. The lowest BCUT2D eigenvalue weighted by Crippen LogP contribution is -2.19. The highest BCUT2D eigenvalue weighted by Crippen LogP contribution is 1.84. The molecule has 1 N–H and O–H groups in total. The molecule has 0 spiro atoms. The minimum absolute atomic E-state index is 0.214. The number of nitrogens with zero attached hydrogens (tertiary/aromatic N) is 3. The van der Waals surface area contributed by atoms with Crippen LogP contribution in [0.3, 0.4) is 0 Å². The molecule has 0 bridgehead atoms. The smallest absolute Gasteiger partial charge is 0.276 e. The summed E-state index contributed by atoms with van der Waals surface area (Å²) in [7, 11) is 5.38. The van der Waals surface area contributed by atoms with Crippen molar-refractivity contribution in [3.63, 3.8) is 0 Å². The summed E-state index contributed by atoms with van der Waals surface area (Å²) in [4.78, 5) is 17.1. The first-order chi connectivity index (χ1) is 5.29. The van der Waals surface area contributed by atoms with E-state index in [1.807, 2.05) is 0 Å². The number of hydrogen-bond donors (Lipinski definition) is 1. The van der Waals surface area contributed by atoms with Crippen molar-refractivity contribution in [3.8, 4) is 0 Å². The molecule has 0 aliphatic rings. The Balaban J connectivity index is 3.06. The lowest BCUT2D eigenvalue weighted by molar-refractivity contribution is 0.903. The lowest BCUT2D eigenvalue weighted by Gasteiger charge is -1.90. The van der Waals surface area contributed by atoms with Crippen LogP contribution in [0.15, 0.2) is 17.3 Å². The number of imidazole rings is 1. The summed E-state index contributed by atoms with van der Waals surface area (Å²) in [5.41, 5.74) is 0.320. The summed E-state index contributed by atoms with van der Waals surface area (Å²) in [5.74, 6) is 0. The van der Waals surface area contributed by atoms with E-state index in [4.69, 9.17) is 7.85 Å². The van der Waals surface area contributed by atoms with Crippen molar-refractivity contribution in [2.75, 3.05) is 0 Å². The molecule has 2 rings (SSSR count). The van der Waals surface area contributed by atoms with E-state index >= 15 is 0 Å². The molecule has 2 aromatic heterocycles. The zero-order chi connectivity index (χ0) is 7.84. The van der Waals surface area contributed by atoms with Crippen LogP contribution in [-0.2, 0) is 0 Å². The lowest BCUT2D eigenvalue weighted by atomic mass is 10.1. The largest absolute Gasteiger partial charge is 0.310 e. The molecule has 0 atom stereocenters. The average molecular weight is 146 g/mol. The highest BCUT2D eigenvalue weighted by atomic mass is 16.1. The first-order valence-electron chi connectivity index (χ1n) is 2.96. The number of fused-ring (bicyclic) bond motifs is 1. The third-order valence-electron chi connectivity index (χ3n) is 1.37. The predicted octanol–water partition coefficient (Wildman–Crippen LogP) is -1.79. The second-order valence-electron chi connectivity index (χ2n) is 2.03. The van der Waals surface area contributed by atoms with Crippen molar-refractivity contribution >= 4 is 19.1 Å². The van der Waals surface area contributed by atoms with Gasteiger partial charge in [-0.2, -0.15) is 5.10 Å². The highest BCUT2D eigenvalue weighted by molar-refractivity contribution is 6.29. The van der Waals surface area contributed by atoms with E-state index in [-0.39, 0.29) is 11.3 Å². The SMILES string of the molecule is [B]c1ncc2c(=O)[nH]cnn12. The van der Waals surface area contributed by atoms with Crippen LogP contribution in [0, 0.1) is 0 Å². The minimum Gasteiger partial charge on any atom is -0.310 e. The molecule has 6 heteroatoms. The molecule has 2 radical (unpaired) electrons. The normalized spacial score (nSPS) is 10.5. The van der Waals surface area contributed by atoms with E-state index in [1.54, 1.807) is 0 Å². The van der Waals surface area contributed by atoms with Crippen LogP contribution in [0.25, 0.3) is 5.52 Å². The number of nitrogens with one attached hydrogen (secondary N) is 1. The van der Waals surface area contributed by atoms with Crippen LogP contribution in [0.4, 0.5) is 0 Å². The quantitative estimate of drug-likeness (QED) is 0.446. The summed E-state index contributed by atoms with van der Waals surface area (Å²) in [6.07, 6.45) is 2.65. The Labute approximate surface area is 62.5 Å². The van der Waals surface area contributed by atoms with Gasteiger partial charge in [0.05, 0.1) is 11.9 Å². The van der Waals surface area contributed by atoms with E-state index in [2.05, 4.69) is 15.1 Å². The van der Waals surface area contributed by atoms with Crippen LogP contribution < -0.4 is 11.3 Å². The molecular weight excluding hydrogens is 143 g/mol. The standard InChI is InChI=1S/C5H3BN4O/c6-5-7-1-3-4(11)8-2-9-10(3)5/h1-2H,(H,8,9,11). The van der Waals surface area contributed by atoms with Gasteiger partial charge in [-0.05, 0) is 0 Å². The number of aromatic amines is 1. The second kappa shape index (κ2) is 1.95. The van der Waals surface area contributed by atoms with Crippen LogP contribution in [0.1, 0.15) is 0 Å². The molecule has 0 saturated carbocycles. The third-order valence-corrected chi connectivity index (χ3v) is 1.37. The van der Waals surface area contributed by atoms with Gasteiger partial charge in [-0.3, -0.25) is 9.78 Å². The predicted molar refractivity (Wildman–Crippen MR) is 39.0 cm³/mol. The molecule has 11 heavy (non-hydrogen) atoms. The van der Waals surface area contributed by atoms with Crippen molar-refractivity contribution in [1.29, 1.82) is 0 Å². The van der Waals surface area contributed by atoms with Gasteiger partial charge in [-0.15, -0.1) is 0 Å². The molecule has 0 aliphatic heterocycles. The van der Waals surface area contributed by atoms with Crippen molar-refractivity contribution in [1.82, 2.24) is 19.6 Å². The number of H-pyrrole nitrogens is 1. The fourth-order valence-corrected chi connectivity index (χ4v) is 0.855. The van der Waals surface area contributed by atoms with E-state index < -0.39 is 0 Å². The summed E-state index contributed by atoms with van der Waals surface area (Å²) < 4.78 is 1.28. The van der Waals surface area contributed by atoms with Crippen LogP contribution in [0.5, 0.6) is 0 Å². The molecule has 0 aromatic carbocycles. The number of hydrogen-bond acceptors (Lipinski definition) is 3. The van der Waals surface area contributed by atoms with Gasteiger partial charge in [0.15, 0.2) is 7.85 Å². The first kappa shape index (κ1) is 6.15. The maximum Gasteiger partial charge on any atom is 0.276 e. The van der Waals surface area contributed by atoms with Gasteiger partial charge in [0, 0.05) is 0 Å². The van der Waals surface area contributed by atoms with Crippen LogP contribution in [0.2, 0.25) is 0 Å². The molecule has 0 saturated heterocycles. The molecule has 0 fully saturated rings. The molecule has 0 amide bonds. The summed E-state index contributed by atoms with van der Waals surface area (Å²) in [5, 5.41) is 3.78. The molecule has 2 aromatic rings. The van der Waals surface area contributed by atoms with Gasteiger partial charge in [-0.25, -0.2) is 4.52 Å². The fourth-order valence-electron chi connectivity index (χ4n) is 0.855. The van der Waals surface area contributed by atoms with Crippen LogP contribution in [-0.4, -0.2) is 27.4 Å². The van der Waals surface area contributed by atoms with Gasteiger partial charge in [0.2, 0.25) is 0 Å². The Kier molecular flexibility index (Phi) is 1.09. The second-order valence-corrected chi connectivity index (χ2v) is 2.03. The topological polar surface area (TPSA) is 63.0 Å². The summed E-state index contributed by atoms with van der Waals surface area (Å²) in [6.45, 7) is 0. The molecule has 0 unspecified atom stereocenters. The Morgan fingerprint density at radius 1 is 1.64 bits per heavy atom. The maximum atomic E-state index is 11.0. The van der Waals surface area contributed by atoms with Gasteiger partial charge in [0.25, 0.3) is 5.56 Å². The van der Waals surface area contributed by atoms with Crippen LogP contribution >= 0.6 is 0 Å². The molecule has 2 heterocycles. The molecule has 0 aliphatic carbocycles. The Hall–Kier alpha value is -1.59. The third kappa shape index (κ3) is 0.755. The summed E-state index contributed by atoms with van der Waals surface area (Å²) >= 11 is 0. The molecular formula is C5H3BN4O.